The first-order valence-electron chi connectivity index (χ1n) is 6.06. The number of hydrogen-bond donors (Lipinski definition) is 2. The predicted molar refractivity (Wildman–Crippen MR) is 76.8 cm³/mol. The molecule has 0 saturated heterocycles. The van der Waals surface area contributed by atoms with E-state index in [1.165, 1.54) is 0 Å². The zero-order chi connectivity index (χ0) is 13.9. The largest absolute Gasteiger partial charge is 0.376 e. The molecule has 0 fully saturated rings. The molecule has 0 radical (unpaired) electrons. The second-order valence-corrected chi connectivity index (χ2v) is 5.74. The molecule has 0 saturated carbocycles. The first-order valence-corrected chi connectivity index (χ1v) is 6.06. The number of benzene rings is 1. The van der Waals surface area contributed by atoms with Gasteiger partial charge in [-0.3, -0.25) is 4.79 Å². The maximum absolute atomic E-state index is 12.1. The lowest BCUT2D eigenvalue weighted by molar-refractivity contribution is -0.119. The molecule has 0 aromatic heterocycles. The van der Waals surface area contributed by atoms with Crippen LogP contribution in [0.15, 0.2) is 24.3 Å². The lowest BCUT2D eigenvalue weighted by atomic mass is 9.87. The number of hydrogen-bond acceptors (Lipinski definition) is 3. The second-order valence-electron chi connectivity index (χ2n) is 5.74. The fourth-order valence-corrected chi connectivity index (χ4v) is 1.57. The number of nitrogens with zero attached hydrogens (tertiary/aromatic N) is 1. The van der Waals surface area contributed by atoms with Gasteiger partial charge in [-0.15, -0.1) is 0 Å². The Labute approximate surface area is 109 Å². The normalized spacial score (nSPS) is 13.0. The summed E-state index contributed by atoms with van der Waals surface area (Å²) >= 11 is 0. The molecule has 0 bridgehead atoms. The zero-order valence-corrected chi connectivity index (χ0v) is 11.8. The van der Waals surface area contributed by atoms with Crippen LogP contribution in [0.1, 0.15) is 20.8 Å². The van der Waals surface area contributed by atoms with Gasteiger partial charge in [0, 0.05) is 14.1 Å². The van der Waals surface area contributed by atoms with E-state index in [0.29, 0.717) is 0 Å². The summed E-state index contributed by atoms with van der Waals surface area (Å²) in [7, 11) is 3.88. The number of carbonyl (C=O) groups is 1. The van der Waals surface area contributed by atoms with E-state index in [4.69, 9.17) is 5.73 Å². The Morgan fingerprint density at radius 2 is 1.83 bits per heavy atom. The van der Waals surface area contributed by atoms with Crippen molar-refractivity contribution in [3.05, 3.63) is 24.3 Å². The van der Waals surface area contributed by atoms with Crippen LogP contribution in [0.4, 0.5) is 11.4 Å². The smallest absolute Gasteiger partial charge is 0.241 e. The van der Waals surface area contributed by atoms with E-state index in [9.17, 15) is 4.79 Å². The summed E-state index contributed by atoms with van der Waals surface area (Å²) in [5.41, 5.74) is 7.44. The third kappa shape index (κ3) is 3.47. The van der Waals surface area contributed by atoms with Crippen molar-refractivity contribution in [2.75, 3.05) is 24.3 Å². The predicted octanol–water partition coefficient (Wildman–Crippen LogP) is 2.06. The minimum Gasteiger partial charge on any atom is -0.376 e. The molecule has 1 aromatic carbocycles. The number of carbonyl (C=O) groups excluding carboxylic acids is 1. The summed E-state index contributed by atoms with van der Waals surface area (Å²) in [4.78, 5) is 14.0. The van der Waals surface area contributed by atoms with Crippen molar-refractivity contribution in [2.45, 2.75) is 26.8 Å². The maximum Gasteiger partial charge on any atom is 0.241 e. The van der Waals surface area contributed by atoms with E-state index < -0.39 is 6.04 Å². The molecule has 18 heavy (non-hydrogen) atoms. The molecule has 0 aliphatic rings. The number of nitrogens with one attached hydrogen (secondary N) is 1. The van der Waals surface area contributed by atoms with Crippen LogP contribution in [0.2, 0.25) is 0 Å². The monoisotopic (exact) mass is 249 g/mol. The number of anilines is 2. The molecule has 0 aliphatic carbocycles. The SMILES string of the molecule is CN(C)c1ccccc1NC(=O)C(N)C(C)(C)C. The Kier molecular flexibility index (Phi) is 4.35. The molecule has 4 nitrogen and oxygen atoms in total. The van der Waals surface area contributed by atoms with Gasteiger partial charge in [0.25, 0.3) is 0 Å². The summed E-state index contributed by atoms with van der Waals surface area (Å²) in [5.74, 6) is -0.156. The van der Waals surface area contributed by atoms with Gasteiger partial charge >= 0.3 is 0 Å². The summed E-state index contributed by atoms with van der Waals surface area (Å²) < 4.78 is 0. The molecule has 100 valence electrons. The van der Waals surface area contributed by atoms with E-state index in [2.05, 4.69) is 5.32 Å². The number of nitrogens with two attached hydrogens (primary N) is 1. The summed E-state index contributed by atoms with van der Waals surface area (Å²) in [6, 6.07) is 7.13. The van der Waals surface area contributed by atoms with Gasteiger partial charge in [0.05, 0.1) is 17.4 Å². The molecule has 0 aliphatic heterocycles. The fraction of sp³-hybridized carbons (Fsp3) is 0.500. The van der Waals surface area contributed by atoms with Gasteiger partial charge in [0.15, 0.2) is 0 Å². The summed E-state index contributed by atoms with van der Waals surface area (Å²) in [5, 5.41) is 2.89. The lowest BCUT2D eigenvalue weighted by Gasteiger charge is -2.26. The van der Waals surface area contributed by atoms with Gasteiger partial charge in [-0.05, 0) is 17.5 Å². The highest BCUT2D eigenvalue weighted by atomic mass is 16.2. The molecule has 1 rings (SSSR count). The van der Waals surface area contributed by atoms with E-state index in [1.807, 2.05) is 64.0 Å². The van der Waals surface area contributed by atoms with Gasteiger partial charge in [-0.2, -0.15) is 0 Å². The van der Waals surface area contributed by atoms with Crippen molar-refractivity contribution in [3.63, 3.8) is 0 Å². The van der Waals surface area contributed by atoms with E-state index in [-0.39, 0.29) is 11.3 Å². The topological polar surface area (TPSA) is 58.4 Å². The third-order valence-corrected chi connectivity index (χ3v) is 2.86. The first-order chi connectivity index (χ1) is 8.23. The average Bonchev–Trinajstić information content (AvgIpc) is 2.27. The molecule has 1 atom stereocenters. The average molecular weight is 249 g/mol. The molecule has 0 heterocycles. The molecular formula is C14H23N3O. The van der Waals surface area contributed by atoms with Crippen molar-refractivity contribution in [3.8, 4) is 0 Å². The number of rotatable bonds is 3. The zero-order valence-electron chi connectivity index (χ0n) is 11.8. The van der Waals surface area contributed by atoms with Crippen LogP contribution in [0.5, 0.6) is 0 Å². The highest BCUT2D eigenvalue weighted by Crippen LogP contribution is 2.25. The van der Waals surface area contributed by atoms with Crippen molar-refractivity contribution in [1.29, 1.82) is 0 Å². The molecule has 3 N–H and O–H groups in total. The van der Waals surface area contributed by atoms with Crippen LogP contribution < -0.4 is 16.0 Å². The van der Waals surface area contributed by atoms with Gasteiger partial charge in [0.1, 0.15) is 0 Å². The van der Waals surface area contributed by atoms with Gasteiger partial charge in [-0.25, -0.2) is 0 Å². The van der Waals surface area contributed by atoms with E-state index in [0.717, 1.165) is 11.4 Å². The minimum atomic E-state index is -0.535. The highest BCUT2D eigenvalue weighted by molar-refractivity contribution is 5.98. The van der Waals surface area contributed by atoms with Crippen LogP contribution in [0, 0.1) is 5.41 Å². The maximum atomic E-state index is 12.1. The van der Waals surface area contributed by atoms with Crippen molar-refractivity contribution >= 4 is 17.3 Å². The Bertz CT molecular complexity index is 421. The number of para-hydroxylation sites is 2. The van der Waals surface area contributed by atoms with Crippen LogP contribution >= 0.6 is 0 Å². The van der Waals surface area contributed by atoms with Crippen LogP contribution in [0.25, 0.3) is 0 Å². The van der Waals surface area contributed by atoms with Gasteiger partial charge < -0.3 is 16.0 Å². The van der Waals surface area contributed by atoms with Crippen molar-refractivity contribution in [2.24, 2.45) is 11.1 Å². The fourth-order valence-electron chi connectivity index (χ4n) is 1.57. The minimum absolute atomic E-state index is 0.156. The van der Waals surface area contributed by atoms with Crippen LogP contribution in [-0.2, 0) is 4.79 Å². The Balaban J connectivity index is 2.89. The Morgan fingerprint density at radius 3 is 2.33 bits per heavy atom. The van der Waals surface area contributed by atoms with Gasteiger partial charge in [-0.1, -0.05) is 32.9 Å². The van der Waals surface area contributed by atoms with Crippen molar-refractivity contribution < 1.29 is 4.79 Å². The molecular weight excluding hydrogens is 226 g/mol. The third-order valence-electron chi connectivity index (χ3n) is 2.86. The molecule has 1 unspecified atom stereocenters. The second kappa shape index (κ2) is 5.40. The van der Waals surface area contributed by atoms with Gasteiger partial charge in [0.2, 0.25) is 5.91 Å². The molecule has 1 aromatic rings. The van der Waals surface area contributed by atoms with E-state index >= 15 is 0 Å². The lowest BCUT2D eigenvalue weighted by Crippen LogP contribution is -2.45. The summed E-state index contributed by atoms with van der Waals surface area (Å²) in [6.07, 6.45) is 0. The van der Waals surface area contributed by atoms with Crippen LogP contribution in [-0.4, -0.2) is 26.0 Å². The standard InChI is InChI=1S/C14H23N3O/c1-14(2,3)12(15)13(18)16-10-8-6-7-9-11(10)17(4)5/h6-9,12H,15H2,1-5H3,(H,16,18). The van der Waals surface area contributed by atoms with Crippen molar-refractivity contribution in [1.82, 2.24) is 0 Å². The number of amides is 1. The quantitative estimate of drug-likeness (QED) is 0.862. The first kappa shape index (κ1) is 14.5. The molecule has 4 heteroatoms. The van der Waals surface area contributed by atoms with Crippen LogP contribution in [0.3, 0.4) is 0 Å². The Hall–Kier alpha value is -1.55. The molecule has 0 spiro atoms. The highest BCUT2D eigenvalue weighted by Gasteiger charge is 2.27. The summed E-state index contributed by atoms with van der Waals surface area (Å²) in [6.45, 7) is 5.86. The Morgan fingerprint density at radius 1 is 1.28 bits per heavy atom. The molecule has 1 amide bonds. The van der Waals surface area contributed by atoms with E-state index in [1.54, 1.807) is 0 Å².